The highest BCUT2D eigenvalue weighted by Crippen LogP contribution is 2.29. The van der Waals surface area contributed by atoms with E-state index in [-0.39, 0.29) is 0 Å². The first-order chi connectivity index (χ1) is 7.18. The molecule has 0 atom stereocenters. The van der Waals surface area contributed by atoms with Crippen LogP contribution in [0, 0.1) is 11.6 Å². The van der Waals surface area contributed by atoms with Gasteiger partial charge in [-0.15, -0.1) is 0 Å². The zero-order valence-electron chi connectivity index (χ0n) is 7.55. The Balaban J connectivity index is 2.60. The summed E-state index contributed by atoms with van der Waals surface area (Å²) in [5.74, 6) is -1.16. The molecule has 0 saturated heterocycles. The molecular weight excluding hydrogens is 264 g/mol. The van der Waals surface area contributed by atoms with Gasteiger partial charge < -0.3 is 0 Å². The maximum atomic E-state index is 13.4. The summed E-state index contributed by atoms with van der Waals surface area (Å²) in [6, 6.07) is 5.17. The molecule has 0 fully saturated rings. The first-order valence-corrected chi connectivity index (χ1v) is 5.03. The minimum atomic E-state index is -0.582. The van der Waals surface area contributed by atoms with Crippen molar-refractivity contribution in [2.24, 2.45) is 0 Å². The Morgan fingerprint density at radius 3 is 2.53 bits per heavy atom. The Morgan fingerprint density at radius 1 is 1.07 bits per heavy atom. The van der Waals surface area contributed by atoms with Gasteiger partial charge in [-0.3, -0.25) is 4.98 Å². The summed E-state index contributed by atoms with van der Waals surface area (Å²) in [7, 11) is 0. The second-order valence-corrected chi connectivity index (χ2v) is 3.83. The molecule has 0 aliphatic carbocycles. The molecule has 1 aromatic carbocycles. The third-order valence-corrected chi connectivity index (χ3v) is 2.63. The summed E-state index contributed by atoms with van der Waals surface area (Å²) in [4.78, 5) is 3.87. The predicted molar refractivity (Wildman–Crippen MR) is 57.3 cm³/mol. The van der Waals surface area contributed by atoms with Crippen molar-refractivity contribution >= 4 is 15.9 Å². The van der Waals surface area contributed by atoms with E-state index in [1.807, 2.05) is 0 Å². The van der Waals surface area contributed by atoms with Crippen molar-refractivity contribution in [3.05, 3.63) is 52.8 Å². The molecule has 0 spiro atoms. The van der Waals surface area contributed by atoms with E-state index < -0.39 is 11.6 Å². The van der Waals surface area contributed by atoms with E-state index >= 15 is 0 Å². The molecule has 0 saturated carbocycles. The number of pyridine rings is 1. The van der Waals surface area contributed by atoms with Gasteiger partial charge in [-0.25, -0.2) is 8.78 Å². The molecule has 4 heteroatoms. The highest BCUT2D eigenvalue weighted by molar-refractivity contribution is 9.10. The average Bonchev–Trinajstić information content (AvgIpc) is 2.20. The molecule has 0 amide bonds. The van der Waals surface area contributed by atoms with Gasteiger partial charge in [0, 0.05) is 34.1 Å². The lowest BCUT2D eigenvalue weighted by Crippen LogP contribution is -1.87. The van der Waals surface area contributed by atoms with Gasteiger partial charge in [0.2, 0.25) is 0 Å². The second kappa shape index (κ2) is 4.06. The molecule has 76 valence electrons. The van der Waals surface area contributed by atoms with Crippen LogP contribution >= 0.6 is 15.9 Å². The monoisotopic (exact) mass is 269 g/mol. The lowest BCUT2D eigenvalue weighted by Gasteiger charge is -2.05. The molecule has 0 unspecified atom stereocenters. The van der Waals surface area contributed by atoms with Crippen molar-refractivity contribution < 1.29 is 8.78 Å². The number of rotatable bonds is 1. The summed E-state index contributed by atoms with van der Waals surface area (Å²) in [6.07, 6.45) is 3.13. The Kier molecular flexibility index (Phi) is 2.77. The fourth-order valence-electron chi connectivity index (χ4n) is 1.30. The Hall–Kier alpha value is -1.29. The molecule has 0 aliphatic rings. The summed E-state index contributed by atoms with van der Waals surface area (Å²) in [5.41, 5.74) is 1.01. The van der Waals surface area contributed by atoms with Crippen molar-refractivity contribution in [2.75, 3.05) is 0 Å². The third-order valence-electron chi connectivity index (χ3n) is 1.99. The van der Waals surface area contributed by atoms with Gasteiger partial charge in [0.05, 0.1) is 0 Å². The molecule has 2 rings (SSSR count). The third kappa shape index (κ3) is 2.04. The normalized spacial score (nSPS) is 10.3. The maximum absolute atomic E-state index is 13.4. The number of halogens is 3. The van der Waals surface area contributed by atoms with Crippen LogP contribution in [-0.4, -0.2) is 4.98 Å². The smallest absolute Gasteiger partial charge is 0.133 e. The molecule has 1 nitrogen and oxygen atoms in total. The van der Waals surface area contributed by atoms with Crippen LogP contribution in [0.25, 0.3) is 11.1 Å². The van der Waals surface area contributed by atoms with E-state index in [1.54, 1.807) is 18.5 Å². The van der Waals surface area contributed by atoms with Crippen LogP contribution in [0.15, 0.2) is 41.1 Å². The Morgan fingerprint density at radius 2 is 1.87 bits per heavy atom. The van der Waals surface area contributed by atoms with Gasteiger partial charge in [0.25, 0.3) is 0 Å². The first-order valence-electron chi connectivity index (χ1n) is 4.23. The van der Waals surface area contributed by atoms with Gasteiger partial charge in [-0.05, 0) is 34.1 Å². The highest BCUT2D eigenvalue weighted by Gasteiger charge is 2.08. The summed E-state index contributed by atoms with van der Waals surface area (Å²) in [5, 5.41) is 0. The first kappa shape index (κ1) is 10.2. The Labute approximate surface area is 93.9 Å². The minimum absolute atomic E-state index is 0.352. The molecule has 15 heavy (non-hydrogen) atoms. The van der Waals surface area contributed by atoms with E-state index in [0.717, 1.165) is 6.07 Å². The van der Waals surface area contributed by atoms with Crippen molar-refractivity contribution in [1.82, 2.24) is 4.98 Å². The number of hydrogen-bond acceptors (Lipinski definition) is 1. The van der Waals surface area contributed by atoms with Crippen LogP contribution in [0.4, 0.5) is 8.78 Å². The molecule has 0 radical (unpaired) electrons. The summed E-state index contributed by atoms with van der Waals surface area (Å²) in [6.45, 7) is 0. The number of hydrogen-bond donors (Lipinski definition) is 0. The van der Waals surface area contributed by atoms with Crippen LogP contribution in [-0.2, 0) is 0 Å². The number of aromatic nitrogens is 1. The topological polar surface area (TPSA) is 12.9 Å². The molecule has 0 aliphatic heterocycles. The second-order valence-electron chi connectivity index (χ2n) is 2.98. The van der Waals surface area contributed by atoms with Crippen molar-refractivity contribution in [3.8, 4) is 11.1 Å². The minimum Gasteiger partial charge on any atom is -0.264 e. The van der Waals surface area contributed by atoms with Gasteiger partial charge in [-0.2, -0.15) is 0 Å². The lowest BCUT2D eigenvalue weighted by atomic mass is 10.1. The van der Waals surface area contributed by atoms with E-state index in [1.165, 1.54) is 12.1 Å². The average molecular weight is 270 g/mol. The van der Waals surface area contributed by atoms with Gasteiger partial charge in [0.1, 0.15) is 11.6 Å². The largest absolute Gasteiger partial charge is 0.264 e. The Bertz CT molecular complexity index is 500. The number of benzene rings is 1. The quantitative estimate of drug-likeness (QED) is 0.768. The van der Waals surface area contributed by atoms with Crippen LogP contribution in [0.2, 0.25) is 0 Å². The molecule has 2 aromatic rings. The van der Waals surface area contributed by atoms with E-state index in [0.29, 0.717) is 15.6 Å². The zero-order valence-corrected chi connectivity index (χ0v) is 9.13. The van der Waals surface area contributed by atoms with Crippen LogP contribution in [0.5, 0.6) is 0 Å². The summed E-state index contributed by atoms with van der Waals surface area (Å²) < 4.78 is 26.8. The molecular formula is C11H6BrF2N. The summed E-state index contributed by atoms with van der Waals surface area (Å²) >= 11 is 3.26. The van der Waals surface area contributed by atoms with E-state index in [4.69, 9.17) is 0 Å². The van der Waals surface area contributed by atoms with E-state index in [9.17, 15) is 8.78 Å². The fraction of sp³-hybridized carbons (Fsp3) is 0. The van der Waals surface area contributed by atoms with Crippen LogP contribution in [0.3, 0.4) is 0 Å². The standard InChI is InChI=1S/C11H6BrF2N/c12-10-6-15-4-3-8(10)9-2-1-7(13)5-11(9)14/h1-6H. The van der Waals surface area contributed by atoms with Crippen molar-refractivity contribution in [3.63, 3.8) is 0 Å². The van der Waals surface area contributed by atoms with Crippen LogP contribution in [0.1, 0.15) is 0 Å². The lowest BCUT2D eigenvalue weighted by molar-refractivity contribution is 0.585. The SMILES string of the molecule is Fc1ccc(-c2ccncc2Br)c(F)c1. The highest BCUT2D eigenvalue weighted by atomic mass is 79.9. The van der Waals surface area contributed by atoms with Gasteiger partial charge >= 0.3 is 0 Å². The predicted octanol–water partition coefficient (Wildman–Crippen LogP) is 3.79. The van der Waals surface area contributed by atoms with Crippen LogP contribution < -0.4 is 0 Å². The number of nitrogens with zero attached hydrogens (tertiary/aromatic N) is 1. The van der Waals surface area contributed by atoms with Gasteiger partial charge in [0.15, 0.2) is 0 Å². The molecule has 0 N–H and O–H groups in total. The van der Waals surface area contributed by atoms with Crippen molar-refractivity contribution in [2.45, 2.75) is 0 Å². The molecule has 1 heterocycles. The molecule has 1 aromatic heterocycles. The van der Waals surface area contributed by atoms with E-state index in [2.05, 4.69) is 20.9 Å². The fourth-order valence-corrected chi connectivity index (χ4v) is 1.77. The van der Waals surface area contributed by atoms with Crippen molar-refractivity contribution in [1.29, 1.82) is 0 Å². The maximum Gasteiger partial charge on any atom is 0.133 e. The molecule has 0 bridgehead atoms. The van der Waals surface area contributed by atoms with Gasteiger partial charge in [-0.1, -0.05) is 0 Å². The zero-order chi connectivity index (χ0) is 10.8.